The molecular formula is C5H14O7Si7. The molecule has 0 saturated heterocycles. The minimum atomic E-state index is -2.44. The van der Waals surface area contributed by atoms with Gasteiger partial charge in [-0.2, -0.15) is 0 Å². The Morgan fingerprint density at radius 1 is 1.05 bits per heavy atom. The summed E-state index contributed by atoms with van der Waals surface area (Å²) >= 11 is 0. The van der Waals surface area contributed by atoms with Crippen LogP contribution >= 0.6 is 0 Å². The Morgan fingerprint density at radius 3 is 1.68 bits per heavy atom. The molecule has 0 N–H and O–H groups in total. The van der Waals surface area contributed by atoms with Crippen LogP contribution in [-0.2, 0) is 31.2 Å². The Labute approximate surface area is 120 Å². The van der Waals surface area contributed by atoms with E-state index in [9.17, 15) is 26.8 Å². The van der Waals surface area contributed by atoms with Crippen molar-refractivity contribution in [2.75, 3.05) is 7.11 Å². The van der Waals surface area contributed by atoms with E-state index in [1.54, 1.807) is 5.70 Å². The molecule has 0 unspecified atom stereocenters. The molecule has 19 heavy (non-hydrogen) atoms. The maximum absolute atomic E-state index is 11.4. The van der Waals surface area contributed by atoms with Crippen LogP contribution in [0.2, 0.25) is 13.1 Å². The summed E-state index contributed by atoms with van der Waals surface area (Å²) in [5.74, 6) is 0. The second kappa shape index (κ2) is 10.6. The van der Waals surface area contributed by atoms with Crippen LogP contribution in [0.15, 0.2) is 12.3 Å². The van der Waals surface area contributed by atoms with Crippen LogP contribution in [0.3, 0.4) is 0 Å². The smallest absolute Gasteiger partial charge is 0.525 e. The van der Waals surface area contributed by atoms with Gasteiger partial charge in [-0.05, 0) is 0 Å². The van der Waals surface area contributed by atoms with Gasteiger partial charge in [0.2, 0.25) is 0 Å². The van der Waals surface area contributed by atoms with Crippen LogP contribution in [0.5, 0.6) is 0 Å². The van der Waals surface area contributed by atoms with E-state index in [0.717, 1.165) is 0 Å². The lowest BCUT2D eigenvalue weighted by Gasteiger charge is -2.09. The lowest BCUT2D eigenvalue weighted by atomic mass is 11.3. The van der Waals surface area contributed by atoms with Gasteiger partial charge >= 0.3 is 49.4 Å². The van der Waals surface area contributed by atoms with E-state index < -0.39 is 57.0 Å². The highest BCUT2D eigenvalue weighted by atomic mass is 29.8. The summed E-state index contributed by atoms with van der Waals surface area (Å²) in [7, 11) is -12.7. The Bertz CT molecular complexity index is 430. The standard InChI is InChI=1S/C4H10O3Si4.CH4O4Si3/c1-4-11(2,3)10(7)9(6)8-5;1-5-7(3)8(4)6-2/h4,8H,1H2,2-3H3;6H,1H3. The lowest BCUT2D eigenvalue weighted by Crippen LogP contribution is -2.45. The van der Waals surface area contributed by atoms with Gasteiger partial charge in [-0.1, -0.05) is 18.8 Å². The average Bonchev–Trinajstić information content (AvgIpc) is 2.44. The van der Waals surface area contributed by atoms with Crippen molar-refractivity contribution in [3.8, 4) is 0 Å². The van der Waals surface area contributed by atoms with E-state index in [0.29, 0.717) is 0 Å². The summed E-state index contributed by atoms with van der Waals surface area (Å²) < 4.78 is 67.1. The van der Waals surface area contributed by atoms with Gasteiger partial charge in [0, 0.05) is 0 Å². The molecule has 0 rings (SSSR count). The first kappa shape index (κ1) is 21.2. The molecular weight excluding hydrogens is 369 g/mol. The quantitative estimate of drug-likeness (QED) is 0.469. The van der Waals surface area contributed by atoms with Crippen molar-refractivity contribution in [2.45, 2.75) is 13.1 Å². The molecule has 104 valence electrons. The molecule has 0 heterocycles. The van der Waals surface area contributed by atoms with Crippen LogP contribution in [0.4, 0.5) is 0 Å². The van der Waals surface area contributed by atoms with E-state index >= 15 is 0 Å². The predicted octanol–water partition coefficient (Wildman–Crippen LogP) is -1.97. The third-order valence-electron chi connectivity index (χ3n) is 1.92. The van der Waals surface area contributed by atoms with E-state index in [1.165, 1.54) is 7.11 Å². The monoisotopic (exact) mass is 382 g/mol. The molecule has 0 bridgehead atoms. The highest BCUT2D eigenvalue weighted by Gasteiger charge is 2.35. The molecule has 0 aromatic rings. The molecule has 0 spiro atoms. The van der Waals surface area contributed by atoms with Crippen molar-refractivity contribution in [1.29, 1.82) is 0 Å². The van der Waals surface area contributed by atoms with Gasteiger partial charge in [0.25, 0.3) is 0 Å². The Kier molecular flexibility index (Phi) is 11.8. The maximum atomic E-state index is 11.4. The molecule has 0 saturated carbocycles. The Morgan fingerprint density at radius 2 is 1.47 bits per heavy atom. The van der Waals surface area contributed by atoms with E-state index in [1.807, 2.05) is 13.1 Å². The normalized spacial score (nSPS) is 9.21. The Hall–Kier alpha value is -0.142. The minimum Gasteiger partial charge on any atom is -0.525 e. The van der Waals surface area contributed by atoms with Crippen LogP contribution in [0.25, 0.3) is 0 Å². The molecule has 0 aliphatic heterocycles. The van der Waals surface area contributed by atoms with Crippen LogP contribution < -0.4 is 0 Å². The van der Waals surface area contributed by atoms with Gasteiger partial charge in [-0.25, -0.2) is 0 Å². The third-order valence-corrected chi connectivity index (χ3v) is 31.5. The largest absolute Gasteiger partial charge is 0.545 e. The zero-order valence-corrected chi connectivity index (χ0v) is 18.1. The topological polar surface area (TPSA) is 112 Å². The molecule has 7 nitrogen and oxygen atoms in total. The lowest BCUT2D eigenvalue weighted by molar-refractivity contribution is 0.377. The maximum Gasteiger partial charge on any atom is 0.545 e. The molecule has 0 aromatic heterocycles. The minimum absolute atomic E-state index is 1.19. The van der Waals surface area contributed by atoms with Gasteiger partial charge in [-0.3, -0.25) is 0 Å². The van der Waals surface area contributed by atoms with E-state index in [-0.39, 0.29) is 0 Å². The van der Waals surface area contributed by atoms with E-state index in [4.69, 9.17) is 0 Å². The molecule has 0 aromatic carbocycles. The van der Waals surface area contributed by atoms with Gasteiger partial charge in [0.1, 0.15) is 7.59 Å². The van der Waals surface area contributed by atoms with Crippen molar-refractivity contribution in [3.63, 3.8) is 0 Å². The fraction of sp³-hybridized carbons (Fsp3) is 0.600. The van der Waals surface area contributed by atoms with Gasteiger partial charge in [-0.15, -0.1) is 6.58 Å². The summed E-state index contributed by atoms with van der Waals surface area (Å²) in [6.07, 6.45) is 0. The molecule has 0 amide bonds. The molecule has 0 fully saturated rings. The van der Waals surface area contributed by atoms with Gasteiger partial charge in [0.15, 0.2) is 0 Å². The summed E-state index contributed by atoms with van der Waals surface area (Å²) in [5, 5.41) is 0. The third kappa shape index (κ3) is 8.60. The van der Waals surface area contributed by atoms with Gasteiger partial charge in [0.05, 0.1) is 7.11 Å². The molecule has 0 radical (unpaired) electrons. The fourth-order valence-corrected chi connectivity index (χ4v) is 26.7. The van der Waals surface area contributed by atoms with Crippen LogP contribution in [0.1, 0.15) is 0 Å². The second-order valence-electron chi connectivity index (χ2n) is 3.71. The summed E-state index contributed by atoms with van der Waals surface area (Å²) in [6, 6.07) is 0. The average molecular weight is 383 g/mol. The molecule has 0 aliphatic carbocycles. The molecule has 0 aliphatic rings. The SMILES string of the molecule is C=C[Si](C)(C)[Si](=O)[Si](=O)[SiH]=O.CO[Si](=O)[Si](=O)[SiH]=O. The second-order valence-corrected chi connectivity index (χ2v) is 31.4. The summed E-state index contributed by atoms with van der Waals surface area (Å²) in [5.41, 5.74) is 1.64. The predicted molar refractivity (Wildman–Crippen MR) is 76.1 cm³/mol. The molecule has 14 heteroatoms. The van der Waals surface area contributed by atoms with Gasteiger partial charge < -0.3 is 31.2 Å². The number of hydrogen-bond acceptors (Lipinski definition) is 7. The highest BCUT2D eigenvalue weighted by Crippen LogP contribution is 2.01. The van der Waals surface area contributed by atoms with Crippen molar-refractivity contribution in [1.82, 2.24) is 0 Å². The van der Waals surface area contributed by atoms with Crippen LogP contribution in [-0.4, -0.2) is 64.1 Å². The first-order valence-electron chi connectivity index (χ1n) is 4.92. The van der Waals surface area contributed by atoms with Crippen molar-refractivity contribution < 1.29 is 31.2 Å². The van der Waals surface area contributed by atoms with Crippen molar-refractivity contribution in [2.24, 2.45) is 0 Å². The molecule has 0 atom stereocenters. The first-order valence-corrected chi connectivity index (χ1v) is 21.1. The van der Waals surface area contributed by atoms with Crippen molar-refractivity contribution in [3.05, 3.63) is 12.3 Å². The zero-order chi connectivity index (χ0) is 15.6. The van der Waals surface area contributed by atoms with Crippen molar-refractivity contribution >= 4 is 57.0 Å². The number of hydrogen-bond donors (Lipinski definition) is 0. The zero-order valence-electron chi connectivity index (χ0n) is 10.8. The number of rotatable bonds is 7. The Balaban J connectivity index is 0. The first-order chi connectivity index (χ1) is 8.67. The summed E-state index contributed by atoms with van der Waals surface area (Å²) in [6.45, 7) is 7.21. The summed E-state index contributed by atoms with van der Waals surface area (Å²) in [4.78, 5) is 0. The van der Waals surface area contributed by atoms with Crippen LogP contribution in [0, 0.1) is 0 Å². The highest BCUT2D eigenvalue weighted by molar-refractivity contribution is 7.57. The van der Waals surface area contributed by atoms with E-state index in [2.05, 4.69) is 11.0 Å². The fourth-order valence-electron chi connectivity index (χ4n) is 0.612.